The average molecular weight is 441 g/mol. The molecule has 0 rings (SSSR count). The van der Waals surface area contributed by atoms with Gasteiger partial charge in [0.25, 0.3) is 0 Å². The Morgan fingerprint density at radius 3 is 1.87 bits per heavy atom. The zero-order chi connectivity index (χ0) is 17.0. The Kier molecular flexibility index (Phi) is 16.9. The van der Waals surface area contributed by atoms with Crippen LogP contribution in [0.25, 0.3) is 0 Å². The highest BCUT2D eigenvalue weighted by atomic mass is 127. The predicted molar refractivity (Wildman–Crippen MR) is 114 cm³/mol. The van der Waals surface area contributed by atoms with Gasteiger partial charge in [0.15, 0.2) is 5.96 Å². The van der Waals surface area contributed by atoms with Gasteiger partial charge in [0.1, 0.15) is 0 Å². The van der Waals surface area contributed by atoms with Gasteiger partial charge in [0, 0.05) is 45.3 Å². The van der Waals surface area contributed by atoms with Crippen molar-refractivity contribution in [3.05, 3.63) is 0 Å². The van der Waals surface area contributed by atoms with Crippen LogP contribution in [0.2, 0.25) is 0 Å². The summed E-state index contributed by atoms with van der Waals surface area (Å²) >= 11 is 0. The number of guanidine groups is 1. The second-order valence-electron chi connectivity index (χ2n) is 6.23. The quantitative estimate of drug-likeness (QED) is 0.224. The summed E-state index contributed by atoms with van der Waals surface area (Å²) in [4.78, 5) is 9.22. The third-order valence-corrected chi connectivity index (χ3v) is 4.05. The molecule has 0 radical (unpaired) electrons. The number of likely N-dealkylation sites (N-methyl/N-ethyl adjacent to an activating group) is 1. The lowest BCUT2D eigenvalue weighted by atomic mass is 10.2. The molecule has 140 valence electrons. The van der Waals surface area contributed by atoms with Crippen LogP contribution in [0.1, 0.15) is 48.0 Å². The van der Waals surface area contributed by atoms with Gasteiger partial charge in [-0.25, -0.2) is 0 Å². The molecule has 0 bridgehead atoms. The van der Waals surface area contributed by atoms with Gasteiger partial charge >= 0.3 is 0 Å². The first-order valence-electron chi connectivity index (χ1n) is 8.88. The molecule has 0 aromatic heterocycles. The number of halogens is 1. The molecule has 6 heteroatoms. The molecule has 0 saturated carbocycles. The fourth-order valence-corrected chi connectivity index (χ4v) is 2.67. The lowest BCUT2D eigenvalue weighted by Crippen LogP contribution is -2.43. The minimum atomic E-state index is 0. The molecule has 0 atom stereocenters. The van der Waals surface area contributed by atoms with E-state index in [2.05, 4.69) is 67.0 Å². The molecule has 23 heavy (non-hydrogen) atoms. The van der Waals surface area contributed by atoms with Crippen LogP contribution >= 0.6 is 24.0 Å². The first-order valence-corrected chi connectivity index (χ1v) is 8.88. The summed E-state index contributed by atoms with van der Waals surface area (Å²) in [5.74, 6) is 0.910. The van der Waals surface area contributed by atoms with Gasteiger partial charge in [-0.3, -0.25) is 9.89 Å². The highest BCUT2D eigenvalue weighted by Crippen LogP contribution is 2.05. The van der Waals surface area contributed by atoms with E-state index in [0.29, 0.717) is 12.1 Å². The SMILES string of the molecule is CCN(CC)CCNC(=NC)NCCCN(C(C)C)C(C)C.I. The fourth-order valence-electron chi connectivity index (χ4n) is 2.67. The second kappa shape index (κ2) is 15.4. The minimum absolute atomic E-state index is 0. The zero-order valence-corrected chi connectivity index (χ0v) is 18.7. The molecule has 0 aromatic rings. The lowest BCUT2D eigenvalue weighted by molar-refractivity contribution is 0.173. The molecule has 0 spiro atoms. The van der Waals surface area contributed by atoms with Gasteiger partial charge in [-0.05, 0) is 47.2 Å². The summed E-state index contributed by atoms with van der Waals surface area (Å²) in [7, 11) is 1.83. The summed E-state index contributed by atoms with van der Waals surface area (Å²) in [6, 6.07) is 1.21. The average Bonchev–Trinajstić information content (AvgIpc) is 2.48. The Morgan fingerprint density at radius 1 is 0.913 bits per heavy atom. The minimum Gasteiger partial charge on any atom is -0.356 e. The van der Waals surface area contributed by atoms with Crippen molar-refractivity contribution in [3.63, 3.8) is 0 Å². The van der Waals surface area contributed by atoms with Gasteiger partial charge in [0.2, 0.25) is 0 Å². The highest BCUT2D eigenvalue weighted by Gasteiger charge is 2.12. The van der Waals surface area contributed by atoms with E-state index in [9.17, 15) is 0 Å². The Balaban J connectivity index is 0. The van der Waals surface area contributed by atoms with E-state index < -0.39 is 0 Å². The van der Waals surface area contributed by atoms with Crippen LogP contribution in [-0.4, -0.2) is 74.2 Å². The van der Waals surface area contributed by atoms with E-state index in [-0.39, 0.29) is 24.0 Å². The van der Waals surface area contributed by atoms with E-state index in [1.807, 2.05) is 7.05 Å². The van der Waals surface area contributed by atoms with E-state index in [4.69, 9.17) is 0 Å². The van der Waals surface area contributed by atoms with E-state index in [0.717, 1.165) is 51.6 Å². The van der Waals surface area contributed by atoms with E-state index in [1.54, 1.807) is 0 Å². The smallest absolute Gasteiger partial charge is 0.191 e. The summed E-state index contributed by atoms with van der Waals surface area (Å²) in [6.07, 6.45) is 1.13. The summed E-state index contributed by atoms with van der Waals surface area (Å²) in [5.41, 5.74) is 0. The maximum absolute atomic E-state index is 4.29. The molecule has 0 aliphatic carbocycles. The number of aliphatic imine (C=N–C) groups is 1. The summed E-state index contributed by atoms with van der Waals surface area (Å²) in [6.45, 7) is 19.7. The number of rotatable bonds is 11. The van der Waals surface area contributed by atoms with Crippen LogP contribution in [0.4, 0.5) is 0 Å². The van der Waals surface area contributed by atoms with Crippen molar-refractivity contribution in [3.8, 4) is 0 Å². The molecule has 0 unspecified atom stereocenters. The Bertz CT molecular complexity index is 283. The third kappa shape index (κ3) is 12.0. The number of hydrogen-bond acceptors (Lipinski definition) is 3. The van der Waals surface area contributed by atoms with E-state index in [1.165, 1.54) is 0 Å². The van der Waals surface area contributed by atoms with Gasteiger partial charge in [-0.1, -0.05) is 13.8 Å². The Morgan fingerprint density at radius 2 is 1.43 bits per heavy atom. The molecule has 0 heterocycles. The molecular weight excluding hydrogens is 401 g/mol. The largest absolute Gasteiger partial charge is 0.356 e. The van der Waals surface area contributed by atoms with Crippen LogP contribution in [0.5, 0.6) is 0 Å². The van der Waals surface area contributed by atoms with Crippen LogP contribution in [0, 0.1) is 0 Å². The van der Waals surface area contributed by atoms with Crippen molar-refractivity contribution < 1.29 is 0 Å². The number of nitrogens with one attached hydrogen (secondary N) is 2. The molecule has 0 aliphatic rings. The first kappa shape index (κ1) is 25.2. The van der Waals surface area contributed by atoms with Crippen molar-refractivity contribution in [1.29, 1.82) is 0 Å². The molecule has 2 N–H and O–H groups in total. The second-order valence-corrected chi connectivity index (χ2v) is 6.23. The van der Waals surface area contributed by atoms with E-state index >= 15 is 0 Å². The van der Waals surface area contributed by atoms with Crippen LogP contribution < -0.4 is 10.6 Å². The van der Waals surface area contributed by atoms with Crippen LogP contribution in [-0.2, 0) is 0 Å². The number of nitrogens with zero attached hydrogens (tertiary/aromatic N) is 3. The van der Waals surface area contributed by atoms with Crippen molar-refractivity contribution in [2.24, 2.45) is 4.99 Å². The van der Waals surface area contributed by atoms with Gasteiger partial charge in [-0.2, -0.15) is 0 Å². The Hall–Kier alpha value is -0.0800. The lowest BCUT2D eigenvalue weighted by Gasteiger charge is -2.30. The van der Waals surface area contributed by atoms with Crippen molar-refractivity contribution >= 4 is 29.9 Å². The highest BCUT2D eigenvalue weighted by molar-refractivity contribution is 14.0. The summed E-state index contributed by atoms with van der Waals surface area (Å²) in [5, 5.41) is 6.79. The monoisotopic (exact) mass is 441 g/mol. The van der Waals surface area contributed by atoms with Gasteiger partial charge in [-0.15, -0.1) is 24.0 Å². The van der Waals surface area contributed by atoms with Crippen LogP contribution in [0.15, 0.2) is 4.99 Å². The Labute approximate surface area is 161 Å². The van der Waals surface area contributed by atoms with Gasteiger partial charge < -0.3 is 15.5 Å². The zero-order valence-electron chi connectivity index (χ0n) is 16.4. The fraction of sp³-hybridized carbons (Fsp3) is 0.941. The molecule has 0 aliphatic heterocycles. The molecule has 0 fully saturated rings. The third-order valence-electron chi connectivity index (χ3n) is 4.05. The van der Waals surface area contributed by atoms with Crippen molar-refractivity contribution in [2.75, 3.05) is 46.3 Å². The van der Waals surface area contributed by atoms with Crippen molar-refractivity contribution in [2.45, 2.75) is 60.0 Å². The van der Waals surface area contributed by atoms with Crippen LogP contribution in [0.3, 0.4) is 0 Å². The first-order chi connectivity index (χ1) is 10.5. The molecular formula is C17H40IN5. The maximum atomic E-state index is 4.29. The molecule has 0 amide bonds. The number of hydrogen-bond donors (Lipinski definition) is 2. The van der Waals surface area contributed by atoms with Gasteiger partial charge in [0.05, 0.1) is 0 Å². The molecule has 0 aromatic carbocycles. The normalized spacial score (nSPS) is 12.2. The maximum Gasteiger partial charge on any atom is 0.191 e. The summed E-state index contributed by atoms with van der Waals surface area (Å²) < 4.78 is 0. The molecule has 0 saturated heterocycles. The van der Waals surface area contributed by atoms with Crippen molar-refractivity contribution in [1.82, 2.24) is 20.4 Å². The standard InChI is InChI=1S/C17H39N5.HI/c1-8-21(9-2)14-12-20-17(18-7)19-11-10-13-22(15(3)4)16(5)6;/h15-16H,8-14H2,1-7H3,(H2,18,19,20);1H. The molecule has 5 nitrogen and oxygen atoms in total. The predicted octanol–water partition coefficient (Wildman–Crippen LogP) is 2.62. The topological polar surface area (TPSA) is 42.9 Å².